The summed E-state index contributed by atoms with van der Waals surface area (Å²) in [6.45, 7) is 1.96. The first-order chi connectivity index (χ1) is 8.71. The Morgan fingerprint density at radius 1 is 1.28 bits per heavy atom. The smallest absolute Gasteiger partial charge is 0.0324 e. The van der Waals surface area contributed by atoms with Crippen molar-refractivity contribution in [3.63, 3.8) is 0 Å². The largest absolute Gasteiger partial charge is 0.468 e. The third-order valence-electron chi connectivity index (χ3n) is 4.67. The number of fused-ring (bicyclic) bond motifs is 4. The first-order valence-electron chi connectivity index (χ1n) is 6.56. The maximum Gasteiger partial charge on any atom is 0.0324 e. The van der Waals surface area contributed by atoms with Gasteiger partial charge in [-0.1, -0.05) is 23.7 Å². The van der Waals surface area contributed by atoms with Crippen molar-refractivity contribution >= 4 is 11.0 Å². The van der Waals surface area contributed by atoms with E-state index in [4.69, 9.17) is 0 Å². The van der Waals surface area contributed by atoms with E-state index in [2.05, 4.69) is 30.0 Å². The Bertz CT molecular complexity index is 622. The monoisotopic (exact) mass is 239 g/mol. The van der Waals surface area contributed by atoms with E-state index in [1.807, 2.05) is 16.8 Å². The van der Waals surface area contributed by atoms with Gasteiger partial charge in [0.1, 0.15) is 0 Å². The van der Waals surface area contributed by atoms with Crippen LogP contribution >= 0.6 is 0 Å². The second kappa shape index (κ2) is 3.29. The molecule has 4 rings (SSSR count). The molecule has 0 unspecified atom stereocenters. The average molecular weight is 239 g/mol. The molecule has 2 aromatic rings. The lowest BCUT2D eigenvalue weighted by Gasteiger charge is -2.53. The zero-order chi connectivity index (χ0) is 12.3. The molecule has 1 aliphatic heterocycles. The molecule has 2 aromatic heterocycles. The molecular formula is C15H17N3-2. The van der Waals surface area contributed by atoms with Gasteiger partial charge in [0, 0.05) is 11.8 Å². The van der Waals surface area contributed by atoms with Crippen LogP contribution in [0.3, 0.4) is 0 Å². The summed E-state index contributed by atoms with van der Waals surface area (Å²) < 4.78 is 2.02. The molecule has 0 N–H and O–H groups in total. The standard InChI is InChI=1S/C15H17N3/c1-17-9-12-13(15(10-17)6-4-7-15)11-5-3-8-16-14(11)18(12)2/h3,5,8H,1-2,4,6-7,9-10H2/q-2. The van der Waals surface area contributed by atoms with E-state index in [0.717, 1.165) is 18.7 Å². The fourth-order valence-electron chi connectivity index (χ4n) is 3.77. The van der Waals surface area contributed by atoms with Crippen LogP contribution in [0, 0.1) is 14.1 Å². The van der Waals surface area contributed by atoms with E-state index in [0.29, 0.717) is 5.41 Å². The molecule has 0 saturated heterocycles. The van der Waals surface area contributed by atoms with Gasteiger partial charge in [0.25, 0.3) is 0 Å². The van der Waals surface area contributed by atoms with Gasteiger partial charge in [0.2, 0.25) is 0 Å². The quantitative estimate of drug-likeness (QED) is 0.659. The van der Waals surface area contributed by atoms with Gasteiger partial charge < -0.3 is 14.5 Å². The second-order valence-electron chi connectivity index (χ2n) is 5.75. The van der Waals surface area contributed by atoms with Crippen LogP contribution in [0.2, 0.25) is 0 Å². The highest BCUT2D eigenvalue weighted by Crippen LogP contribution is 2.51. The van der Waals surface area contributed by atoms with Crippen molar-refractivity contribution in [3.8, 4) is 0 Å². The van der Waals surface area contributed by atoms with Gasteiger partial charge in [-0.05, 0) is 42.8 Å². The topological polar surface area (TPSA) is 21.1 Å². The highest BCUT2D eigenvalue weighted by Gasteiger charge is 2.42. The van der Waals surface area contributed by atoms with Crippen LogP contribution in [0.5, 0.6) is 0 Å². The Morgan fingerprint density at radius 3 is 2.83 bits per heavy atom. The first-order valence-corrected chi connectivity index (χ1v) is 6.56. The van der Waals surface area contributed by atoms with Crippen molar-refractivity contribution in [2.24, 2.45) is 0 Å². The molecule has 2 aliphatic rings. The molecule has 0 bridgehead atoms. The van der Waals surface area contributed by atoms with E-state index in [1.165, 1.54) is 35.9 Å². The highest BCUT2D eigenvalue weighted by molar-refractivity contribution is 5.84. The summed E-state index contributed by atoms with van der Waals surface area (Å²) in [5.74, 6) is 0. The molecular weight excluding hydrogens is 222 g/mol. The lowest BCUT2D eigenvalue weighted by Crippen LogP contribution is -2.47. The number of pyridine rings is 1. The van der Waals surface area contributed by atoms with Crippen LogP contribution in [-0.2, 0) is 12.0 Å². The molecule has 1 fully saturated rings. The lowest BCUT2D eigenvalue weighted by atomic mass is 9.62. The number of hydrogen-bond acceptors (Lipinski definition) is 2. The van der Waals surface area contributed by atoms with Crippen LogP contribution in [0.4, 0.5) is 0 Å². The predicted molar refractivity (Wildman–Crippen MR) is 71.8 cm³/mol. The van der Waals surface area contributed by atoms with Gasteiger partial charge in [-0.2, -0.15) is 0 Å². The van der Waals surface area contributed by atoms with Gasteiger partial charge in [0.05, 0.1) is 0 Å². The number of hydrogen-bond donors (Lipinski definition) is 0. The highest BCUT2D eigenvalue weighted by atomic mass is 15.2. The summed E-state index contributed by atoms with van der Waals surface area (Å²) in [4.78, 5) is 6.68. The average Bonchev–Trinajstić information content (AvgIpc) is 2.61. The molecule has 0 atom stereocenters. The molecule has 94 valence electrons. The van der Waals surface area contributed by atoms with E-state index >= 15 is 0 Å². The fraction of sp³-hybridized carbons (Fsp3) is 0.400. The molecule has 1 spiro atoms. The Hall–Kier alpha value is -1.48. The second-order valence-corrected chi connectivity index (χ2v) is 5.75. The third-order valence-corrected chi connectivity index (χ3v) is 4.67. The molecule has 3 nitrogen and oxygen atoms in total. The molecule has 3 heterocycles. The number of rotatable bonds is 0. The van der Waals surface area contributed by atoms with E-state index in [1.54, 1.807) is 0 Å². The molecule has 3 heteroatoms. The predicted octanol–water partition coefficient (Wildman–Crippen LogP) is 2.70. The normalized spacial score (nSPS) is 22.1. The summed E-state index contributed by atoms with van der Waals surface area (Å²) in [5, 5.41) is 1.30. The zero-order valence-corrected chi connectivity index (χ0v) is 10.5. The van der Waals surface area contributed by atoms with Crippen molar-refractivity contribution in [3.05, 3.63) is 43.7 Å². The van der Waals surface area contributed by atoms with Crippen LogP contribution in [-0.4, -0.2) is 21.0 Å². The minimum absolute atomic E-state index is 0.319. The SMILES string of the molecule is [CH2-]N1Cc2c(c3cccnc3n2[CH2-])C2(CCC2)C1. The van der Waals surface area contributed by atoms with Crippen LogP contribution in [0.15, 0.2) is 18.3 Å². The van der Waals surface area contributed by atoms with E-state index in [9.17, 15) is 0 Å². The Morgan fingerprint density at radius 2 is 2.11 bits per heavy atom. The van der Waals surface area contributed by atoms with Crippen LogP contribution in [0.25, 0.3) is 11.0 Å². The van der Waals surface area contributed by atoms with Crippen LogP contribution < -0.4 is 0 Å². The van der Waals surface area contributed by atoms with Crippen LogP contribution in [0.1, 0.15) is 30.5 Å². The summed E-state index contributed by atoms with van der Waals surface area (Å²) >= 11 is 0. The van der Waals surface area contributed by atoms with Crippen molar-refractivity contribution in [1.29, 1.82) is 0 Å². The van der Waals surface area contributed by atoms with E-state index < -0.39 is 0 Å². The number of aromatic nitrogens is 2. The van der Waals surface area contributed by atoms with Crippen molar-refractivity contribution in [1.82, 2.24) is 14.5 Å². The molecule has 1 aliphatic carbocycles. The Kier molecular flexibility index (Phi) is 1.91. The summed E-state index contributed by atoms with van der Waals surface area (Å²) in [6.07, 6.45) is 5.74. The fourth-order valence-corrected chi connectivity index (χ4v) is 3.77. The maximum atomic E-state index is 4.50. The molecule has 1 saturated carbocycles. The lowest BCUT2D eigenvalue weighted by molar-refractivity contribution is 0.146. The van der Waals surface area contributed by atoms with Crippen molar-refractivity contribution in [2.75, 3.05) is 6.54 Å². The Labute approximate surface area is 107 Å². The molecule has 0 radical (unpaired) electrons. The molecule has 0 amide bonds. The zero-order valence-electron chi connectivity index (χ0n) is 10.5. The summed E-state index contributed by atoms with van der Waals surface area (Å²) in [7, 11) is 8.34. The van der Waals surface area contributed by atoms with Gasteiger partial charge in [-0.15, -0.1) is 7.05 Å². The maximum absolute atomic E-state index is 4.50. The Balaban J connectivity index is 2.07. The van der Waals surface area contributed by atoms with Crippen molar-refractivity contribution < 1.29 is 0 Å². The molecule has 18 heavy (non-hydrogen) atoms. The minimum atomic E-state index is 0.319. The van der Waals surface area contributed by atoms with Gasteiger partial charge in [-0.25, -0.2) is 0 Å². The third kappa shape index (κ3) is 1.13. The van der Waals surface area contributed by atoms with Gasteiger partial charge in [-0.3, -0.25) is 7.05 Å². The summed E-state index contributed by atoms with van der Waals surface area (Å²) in [6, 6.07) is 4.23. The van der Waals surface area contributed by atoms with Gasteiger partial charge >= 0.3 is 0 Å². The van der Waals surface area contributed by atoms with E-state index in [-0.39, 0.29) is 0 Å². The molecule has 0 aromatic carbocycles. The summed E-state index contributed by atoms with van der Waals surface area (Å²) in [5.41, 5.74) is 4.15. The van der Waals surface area contributed by atoms with Gasteiger partial charge in [0.15, 0.2) is 0 Å². The van der Waals surface area contributed by atoms with Crippen molar-refractivity contribution in [2.45, 2.75) is 31.2 Å². The minimum Gasteiger partial charge on any atom is -0.468 e. The number of nitrogens with zero attached hydrogens (tertiary/aromatic N) is 3. The first kappa shape index (κ1) is 10.4.